The molecular weight excluding hydrogens is 674 g/mol. The summed E-state index contributed by atoms with van der Waals surface area (Å²) in [5.41, 5.74) is 5.70. The van der Waals surface area contributed by atoms with Crippen molar-refractivity contribution in [2.24, 2.45) is 0 Å². The van der Waals surface area contributed by atoms with Crippen LogP contribution in [-0.4, -0.2) is 51.6 Å². The molecule has 0 aromatic heterocycles. The van der Waals surface area contributed by atoms with Crippen LogP contribution in [0.2, 0.25) is 0 Å². The minimum Gasteiger partial charge on any atom is -0.372 e. The first-order chi connectivity index (χ1) is 24.9. The van der Waals surface area contributed by atoms with Gasteiger partial charge in [0.15, 0.2) is 0 Å². The van der Waals surface area contributed by atoms with E-state index in [2.05, 4.69) is 61.8 Å². The van der Waals surface area contributed by atoms with Crippen molar-refractivity contribution in [1.82, 2.24) is 0 Å². The average Bonchev–Trinajstić information content (AvgIpc) is 3.11. The molecule has 52 heavy (non-hydrogen) atoms. The van der Waals surface area contributed by atoms with Crippen LogP contribution in [0.4, 0.5) is 60.5 Å². The first kappa shape index (κ1) is 42.8. The highest BCUT2D eigenvalue weighted by molar-refractivity contribution is 5.79. The lowest BCUT2D eigenvalue weighted by Crippen LogP contribution is -2.27. The smallest absolute Gasteiger partial charge is 0.372 e. The standard InChI is InChI=1S/C42H60F6N4/c1-5-9-29-49(30-10-6-2)35-15-21-38(22-16-35)52(39-23-17-36(18-24-39)50(31-11-7-3)33-13-27-41(43,44)45)40-25-19-37(20-26-40)51(32-12-8-4)34-14-28-42(46,47)48/h15-26H,5-14,27-34H2,1-4H3. The lowest BCUT2D eigenvalue weighted by Gasteiger charge is -2.30. The Hall–Kier alpha value is -3.56. The third-order valence-electron chi connectivity index (χ3n) is 9.32. The number of hydrogen-bond acceptors (Lipinski definition) is 4. The molecule has 0 radical (unpaired) electrons. The van der Waals surface area contributed by atoms with Crippen LogP contribution in [0.5, 0.6) is 0 Å². The summed E-state index contributed by atoms with van der Waals surface area (Å²) >= 11 is 0. The van der Waals surface area contributed by atoms with Crippen LogP contribution >= 0.6 is 0 Å². The average molecular weight is 735 g/mol. The van der Waals surface area contributed by atoms with Gasteiger partial charge < -0.3 is 19.6 Å². The molecule has 0 unspecified atom stereocenters. The third kappa shape index (κ3) is 14.8. The molecule has 0 aliphatic carbocycles. The van der Waals surface area contributed by atoms with Crippen LogP contribution in [0.15, 0.2) is 72.8 Å². The van der Waals surface area contributed by atoms with Gasteiger partial charge >= 0.3 is 12.4 Å². The molecule has 290 valence electrons. The molecule has 3 aromatic carbocycles. The monoisotopic (exact) mass is 734 g/mol. The van der Waals surface area contributed by atoms with Crippen molar-refractivity contribution in [3.05, 3.63) is 72.8 Å². The topological polar surface area (TPSA) is 13.0 Å². The minimum absolute atomic E-state index is 0.0405. The number of nitrogens with zero attached hydrogens (tertiary/aromatic N) is 4. The zero-order valence-corrected chi connectivity index (χ0v) is 31.7. The van der Waals surface area contributed by atoms with Crippen molar-refractivity contribution in [2.75, 3.05) is 58.9 Å². The first-order valence-electron chi connectivity index (χ1n) is 19.4. The van der Waals surface area contributed by atoms with Crippen molar-refractivity contribution in [2.45, 2.75) is 117 Å². The van der Waals surface area contributed by atoms with E-state index in [1.807, 2.05) is 58.3 Å². The van der Waals surface area contributed by atoms with Crippen LogP contribution in [-0.2, 0) is 0 Å². The van der Waals surface area contributed by atoms with Crippen LogP contribution in [0.25, 0.3) is 0 Å². The van der Waals surface area contributed by atoms with E-state index >= 15 is 0 Å². The first-order valence-corrected chi connectivity index (χ1v) is 19.4. The normalized spacial score (nSPS) is 11.9. The van der Waals surface area contributed by atoms with Crippen LogP contribution in [0.3, 0.4) is 0 Å². The van der Waals surface area contributed by atoms with E-state index in [0.717, 1.165) is 92.9 Å². The van der Waals surface area contributed by atoms with Gasteiger partial charge in [0, 0.05) is 86.2 Å². The van der Waals surface area contributed by atoms with E-state index in [9.17, 15) is 26.3 Å². The lowest BCUT2D eigenvalue weighted by molar-refractivity contribution is -0.135. The Morgan fingerprint density at radius 2 is 0.558 bits per heavy atom. The second-order valence-corrected chi connectivity index (χ2v) is 13.7. The quantitative estimate of drug-likeness (QED) is 0.0850. The molecule has 3 aromatic rings. The molecule has 0 N–H and O–H groups in total. The number of benzene rings is 3. The van der Waals surface area contributed by atoms with Crippen LogP contribution in [0.1, 0.15) is 105 Å². The molecule has 0 fully saturated rings. The molecular formula is C42H60F6N4. The fourth-order valence-corrected chi connectivity index (χ4v) is 6.33. The van der Waals surface area contributed by atoms with Crippen molar-refractivity contribution in [3.8, 4) is 0 Å². The number of halogens is 6. The SMILES string of the molecule is CCCCN(CCCC)c1ccc(N(c2ccc(N(CCCC)CCCC(F)(F)F)cc2)c2ccc(N(CCCC)CCCC(F)(F)F)cc2)cc1. The summed E-state index contributed by atoms with van der Waals surface area (Å²) in [5.74, 6) is 0. The number of unbranched alkanes of at least 4 members (excludes halogenated alkanes) is 4. The molecule has 0 heterocycles. The van der Waals surface area contributed by atoms with Crippen molar-refractivity contribution < 1.29 is 26.3 Å². The molecule has 10 heteroatoms. The Balaban J connectivity index is 1.98. The zero-order chi connectivity index (χ0) is 38.0. The largest absolute Gasteiger partial charge is 0.389 e. The van der Waals surface area contributed by atoms with Crippen molar-refractivity contribution in [1.29, 1.82) is 0 Å². The molecule has 0 amide bonds. The number of anilines is 6. The second-order valence-electron chi connectivity index (χ2n) is 13.7. The van der Waals surface area contributed by atoms with Gasteiger partial charge in [-0.25, -0.2) is 0 Å². The van der Waals surface area contributed by atoms with E-state index in [1.54, 1.807) is 0 Å². The third-order valence-corrected chi connectivity index (χ3v) is 9.32. The van der Waals surface area contributed by atoms with Gasteiger partial charge in [0.2, 0.25) is 0 Å². The number of alkyl halides is 6. The minimum atomic E-state index is -4.18. The fourth-order valence-electron chi connectivity index (χ4n) is 6.33. The van der Waals surface area contributed by atoms with E-state index in [4.69, 9.17) is 0 Å². The molecule has 0 saturated carbocycles. The van der Waals surface area contributed by atoms with Crippen molar-refractivity contribution in [3.63, 3.8) is 0 Å². The summed E-state index contributed by atoms with van der Waals surface area (Å²) < 4.78 is 77.7. The highest BCUT2D eigenvalue weighted by Gasteiger charge is 2.27. The molecule has 0 spiro atoms. The van der Waals surface area contributed by atoms with Gasteiger partial charge in [-0.05, 0) is 111 Å². The highest BCUT2D eigenvalue weighted by atomic mass is 19.4. The molecule has 0 saturated heterocycles. The van der Waals surface area contributed by atoms with Gasteiger partial charge in [-0.2, -0.15) is 26.3 Å². The fraction of sp³-hybridized carbons (Fsp3) is 0.571. The Morgan fingerprint density at radius 3 is 0.769 bits per heavy atom. The summed E-state index contributed by atoms with van der Waals surface area (Å²) in [5, 5.41) is 0. The van der Waals surface area contributed by atoms with E-state index in [1.165, 1.54) is 5.69 Å². The van der Waals surface area contributed by atoms with Gasteiger partial charge in [-0.3, -0.25) is 0 Å². The molecule has 4 nitrogen and oxygen atoms in total. The molecule has 0 aliphatic heterocycles. The molecule has 0 bridgehead atoms. The Kier molecular flexibility index (Phi) is 18.0. The Bertz CT molecular complexity index is 1290. The predicted molar refractivity (Wildman–Crippen MR) is 208 cm³/mol. The molecule has 3 rings (SSSR count). The van der Waals surface area contributed by atoms with Gasteiger partial charge in [0.25, 0.3) is 0 Å². The summed E-state index contributed by atoms with van der Waals surface area (Å²) in [4.78, 5) is 8.67. The predicted octanol–water partition coefficient (Wildman–Crippen LogP) is 13.5. The van der Waals surface area contributed by atoms with Crippen LogP contribution < -0.4 is 19.6 Å². The Morgan fingerprint density at radius 1 is 0.346 bits per heavy atom. The highest BCUT2D eigenvalue weighted by Crippen LogP contribution is 2.38. The second kappa shape index (κ2) is 21.8. The Labute approximate surface area is 308 Å². The van der Waals surface area contributed by atoms with Crippen LogP contribution in [0, 0.1) is 0 Å². The van der Waals surface area contributed by atoms with Gasteiger partial charge in [-0.1, -0.05) is 53.4 Å². The van der Waals surface area contributed by atoms with E-state index in [0.29, 0.717) is 26.2 Å². The maximum Gasteiger partial charge on any atom is 0.389 e. The molecule has 0 aliphatic rings. The lowest BCUT2D eigenvalue weighted by atomic mass is 10.1. The summed E-state index contributed by atoms with van der Waals surface area (Å²) in [6.45, 7) is 12.6. The molecule has 0 atom stereocenters. The van der Waals surface area contributed by atoms with Crippen molar-refractivity contribution >= 4 is 34.1 Å². The van der Waals surface area contributed by atoms with E-state index in [-0.39, 0.29) is 12.8 Å². The summed E-state index contributed by atoms with van der Waals surface area (Å²) in [6, 6.07) is 24.6. The number of rotatable bonds is 24. The van der Waals surface area contributed by atoms with E-state index < -0.39 is 25.2 Å². The zero-order valence-electron chi connectivity index (χ0n) is 31.7. The summed E-state index contributed by atoms with van der Waals surface area (Å²) in [7, 11) is 0. The van der Waals surface area contributed by atoms with Gasteiger partial charge in [-0.15, -0.1) is 0 Å². The van der Waals surface area contributed by atoms with Gasteiger partial charge in [0.05, 0.1) is 0 Å². The number of hydrogen-bond donors (Lipinski definition) is 0. The van der Waals surface area contributed by atoms with Gasteiger partial charge in [0.1, 0.15) is 0 Å². The summed E-state index contributed by atoms with van der Waals surface area (Å²) in [6.07, 6.45) is -1.74. The maximum absolute atomic E-state index is 13.0. The maximum atomic E-state index is 13.0.